The van der Waals surface area contributed by atoms with Crippen molar-refractivity contribution in [1.29, 1.82) is 0 Å². The van der Waals surface area contributed by atoms with Crippen molar-refractivity contribution < 1.29 is 4.74 Å². The van der Waals surface area contributed by atoms with Crippen LogP contribution in [0.3, 0.4) is 0 Å². The van der Waals surface area contributed by atoms with Gasteiger partial charge >= 0.3 is 0 Å². The van der Waals surface area contributed by atoms with E-state index < -0.39 is 0 Å². The van der Waals surface area contributed by atoms with Gasteiger partial charge in [0.2, 0.25) is 5.88 Å². The van der Waals surface area contributed by atoms with Crippen LogP contribution in [0.15, 0.2) is 42.2 Å². The molecule has 4 nitrogen and oxygen atoms in total. The Kier molecular flexibility index (Phi) is 4.45. The SMILES string of the molecule is C=CC1=C(/C=C\C)C(C)NCC1c1cnn(C)c1OC. The molecule has 2 atom stereocenters. The molecule has 0 amide bonds. The molecule has 20 heavy (non-hydrogen) atoms. The number of nitrogens with one attached hydrogen (secondary N) is 1. The maximum Gasteiger partial charge on any atom is 0.215 e. The average molecular weight is 273 g/mol. The van der Waals surface area contributed by atoms with E-state index in [4.69, 9.17) is 4.74 Å². The predicted molar refractivity (Wildman–Crippen MR) is 82.0 cm³/mol. The molecule has 0 aliphatic carbocycles. The minimum Gasteiger partial charge on any atom is -0.481 e. The van der Waals surface area contributed by atoms with E-state index in [1.54, 1.807) is 11.8 Å². The van der Waals surface area contributed by atoms with Crippen molar-refractivity contribution in [1.82, 2.24) is 15.1 Å². The van der Waals surface area contributed by atoms with Gasteiger partial charge in [-0.15, -0.1) is 0 Å². The molecular formula is C16H23N3O. The van der Waals surface area contributed by atoms with Crippen LogP contribution in [0, 0.1) is 0 Å². The highest BCUT2D eigenvalue weighted by molar-refractivity contribution is 5.47. The maximum atomic E-state index is 5.48. The minimum absolute atomic E-state index is 0.221. The van der Waals surface area contributed by atoms with Gasteiger partial charge in [-0.2, -0.15) is 5.10 Å². The zero-order valence-corrected chi connectivity index (χ0v) is 12.7. The Balaban J connectivity index is 2.53. The molecule has 0 radical (unpaired) electrons. The summed E-state index contributed by atoms with van der Waals surface area (Å²) in [5.41, 5.74) is 3.64. The molecule has 2 heterocycles. The summed E-state index contributed by atoms with van der Waals surface area (Å²) in [5.74, 6) is 1.03. The fourth-order valence-electron chi connectivity index (χ4n) is 2.86. The predicted octanol–water partition coefficient (Wildman–Crippen LogP) is 2.56. The van der Waals surface area contributed by atoms with Gasteiger partial charge in [-0.05, 0) is 25.0 Å². The van der Waals surface area contributed by atoms with Crippen molar-refractivity contribution in [3.05, 3.63) is 47.7 Å². The van der Waals surface area contributed by atoms with Gasteiger partial charge < -0.3 is 10.1 Å². The summed E-state index contributed by atoms with van der Waals surface area (Å²) in [7, 11) is 3.58. The lowest BCUT2D eigenvalue weighted by atomic mass is 9.83. The van der Waals surface area contributed by atoms with Crippen molar-refractivity contribution in [2.24, 2.45) is 7.05 Å². The van der Waals surface area contributed by atoms with E-state index in [1.807, 2.05) is 26.2 Å². The standard InChI is InChI=1S/C16H23N3O/c1-6-8-13-11(3)17-9-14(12(13)7-2)15-10-18-19(4)16(15)20-5/h6-8,10-11,14,17H,2,9H2,1,3-5H3/b8-6-. The first-order valence-electron chi connectivity index (χ1n) is 6.92. The molecule has 1 aromatic heterocycles. The average Bonchev–Trinajstić information content (AvgIpc) is 2.81. The van der Waals surface area contributed by atoms with Crippen LogP contribution in [0.2, 0.25) is 0 Å². The van der Waals surface area contributed by atoms with E-state index in [1.165, 1.54) is 11.1 Å². The maximum absolute atomic E-state index is 5.48. The molecule has 1 N–H and O–H groups in total. The third-order valence-electron chi connectivity index (χ3n) is 3.85. The second-order valence-electron chi connectivity index (χ2n) is 5.03. The number of nitrogens with zero attached hydrogens (tertiary/aromatic N) is 2. The number of aromatic nitrogens is 2. The molecule has 0 spiro atoms. The van der Waals surface area contributed by atoms with Gasteiger partial charge in [-0.1, -0.05) is 24.8 Å². The fraction of sp³-hybridized carbons (Fsp3) is 0.438. The first-order chi connectivity index (χ1) is 9.63. The van der Waals surface area contributed by atoms with Crippen molar-refractivity contribution in [3.8, 4) is 5.88 Å². The molecule has 2 unspecified atom stereocenters. The Hall–Kier alpha value is -1.81. The summed E-state index contributed by atoms with van der Waals surface area (Å²) in [4.78, 5) is 0. The molecule has 1 aliphatic heterocycles. The first-order valence-corrected chi connectivity index (χ1v) is 6.92. The molecule has 108 valence electrons. The summed E-state index contributed by atoms with van der Waals surface area (Å²) < 4.78 is 7.25. The van der Waals surface area contributed by atoms with Gasteiger partial charge in [0.1, 0.15) is 0 Å². The number of hydrogen-bond acceptors (Lipinski definition) is 3. The van der Waals surface area contributed by atoms with Gasteiger partial charge in [-0.25, -0.2) is 4.68 Å². The molecule has 0 fully saturated rings. The van der Waals surface area contributed by atoms with E-state index in [-0.39, 0.29) is 5.92 Å². The normalized spacial score (nSPS) is 23.4. The summed E-state index contributed by atoms with van der Waals surface area (Å²) in [6.45, 7) is 9.08. The van der Waals surface area contributed by atoms with Crippen LogP contribution >= 0.6 is 0 Å². The number of methoxy groups -OCH3 is 1. The lowest BCUT2D eigenvalue weighted by Crippen LogP contribution is -2.37. The third kappa shape index (κ3) is 2.43. The molecule has 0 saturated heterocycles. The van der Waals surface area contributed by atoms with Gasteiger partial charge in [-0.3, -0.25) is 0 Å². The molecule has 0 bridgehead atoms. The van der Waals surface area contributed by atoms with Crippen molar-refractivity contribution in [2.45, 2.75) is 25.8 Å². The highest BCUT2D eigenvalue weighted by atomic mass is 16.5. The molecule has 1 aromatic rings. The second kappa shape index (κ2) is 6.09. The Morgan fingerprint density at radius 3 is 2.85 bits per heavy atom. The fourth-order valence-corrected chi connectivity index (χ4v) is 2.86. The van der Waals surface area contributed by atoms with Crippen LogP contribution in [0.5, 0.6) is 5.88 Å². The summed E-state index contributed by atoms with van der Waals surface area (Å²) in [6.07, 6.45) is 8.07. The smallest absolute Gasteiger partial charge is 0.215 e. The van der Waals surface area contributed by atoms with Crippen LogP contribution in [0.25, 0.3) is 0 Å². The molecule has 0 saturated carbocycles. The first kappa shape index (κ1) is 14.6. The molecule has 2 rings (SSSR count). The van der Waals surface area contributed by atoms with Crippen LogP contribution in [0.1, 0.15) is 25.3 Å². The van der Waals surface area contributed by atoms with Gasteiger partial charge in [0, 0.05) is 31.1 Å². The Labute approximate surface area is 120 Å². The number of allylic oxidation sites excluding steroid dienone is 2. The Morgan fingerprint density at radius 2 is 2.25 bits per heavy atom. The molecule has 4 heteroatoms. The molecular weight excluding hydrogens is 250 g/mol. The van der Waals surface area contributed by atoms with Gasteiger partial charge in [0.05, 0.1) is 13.3 Å². The van der Waals surface area contributed by atoms with Crippen molar-refractivity contribution >= 4 is 0 Å². The minimum atomic E-state index is 0.221. The van der Waals surface area contributed by atoms with E-state index in [9.17, 15) is 0 Å². The Bertz CT molecular complexity index is 554. The van der Waals surface area contributed by atoms with E-state index >= 15 is 0 Å². The van der Waals surface area contributed by atoms with Crippen LogP contribution in [-0.2, 0) is 7.05 Å². The van der Waals surface area contributed by atoms with Gasteiger partial charge in [0.25, 0.3) is 0 Å². The summed E-state index contributed by atoms with van der Waals surface area (Å²) in [6, 6.07) is 0.332. The lowest BCUT2D eigenvalue weighted by molar-refractivity contribution is 0.366. The monoisotopic (exact) mass is 273 g/mol. The van der Waals surface area contributed by atoms with Crippen LogP contribution < -0.4 is 10.1 Å². The zero-order chi connectivity index (χ0) is 14.7. The van der Waals surface area contributed by atoms with Crippen LogP contribution in [-0.4, -0.2) is 29.5 Å². The van der Waals surface area contributed by atoms with E-state index in [0.717, 1.165) is 18.0 Å². The number of hydrogen-bond donors (Lipinski definition) is 1. The number of ether oxygens (including phenoxy) is 1. The number of rotatable bonds is 4. The quantitative estimate of drug-likeness (QED) is 0.916. The van der Waals surface area contributed by atoms with E-state index in [0.29, 0.717) is 6.04 Å². The topological polar surface area (TPSA) is 39.1 Å². The second-order valence-corrected chi connectivity index (χ2v) is 5.03. The highest BCUT2D eigenvalue weighted by Crippen LogP contribution is 2.36. The number of aryl methyl sites for hydroxylation is 1. The highest BCUT2D eigenvalue weighted by Gasteiger charge is 2.29. The Morgan fingerprint density at radius 1 is 1.50 bits per heavy atom. The largest absolute Gasteiger partial charge is 0.481 e. The lowest BCUT2D eigenvalue weighted by Gasteiger charge is -2.31. The third-order valence-corrected chi connectivity index (χ3v) is 3.85. The summed E-state index contributed by atoms with van der Waals surface area (Å²) >= 11 is 0. The molecule has 1 aliphatic rings. The van der Waals surface area contributed by atoms with Crippen molar-refractivity contribution in [3.63, 3.8) is 0 Å². The zero-order valence-electron chi connectivity index (χ0n) is 12.7. The van der Waals surface area contributed by atoms with Crippen LogP contribution in [0.4, 0.5) is 0 Å². The van der Waals surface area contributed by atoms with Crippen molar-refractivity contribution in [2.75, 3.05) is 13.7 Å². The summed E-state index contributed by atoms with van der Waals surface area (Å²) in [5, 5.41) is 7.85. The van der Waals surface area contributed by atoms with E-state index in [2.05, 4.69) is 36.1 Å². The molecule has 0 aromatic carbocycles. The van der Waals surface area contributed by atoms with Gasteiger partial charge in [0.15, 0.2) is 0 Å².